The molecule has 4 heteroatoms. The number of carbonyl (C=O) groups is 1. The minimum Gasteiger partial charge on any atom is -0.334 e. The zero-order valence-corrected chi connectivity index (χ0v) is 11.4. The van der Waals surface area contributed by atoms with Crippen molar-refractivity contribution in [1.29, 1.82) is 0 Å². The summed E-state index contributed by atoms with van der Waals surface area (Å²) in [7, 11) is 0. The Balaban J connectivity index is 2.47. The Labute approximate surface area is 109 Å². The standard InChI is InChI=1S/C14H23N3O/c1-11(2)14(3,10-15)17-13(18)16-9-12-7-5-4-6-8-12/h4-8,11H,9-10,15H2,1-3H3,(H2,16,17,18). The molecule has 1 aromatic carbocycles. The fraction of sp³-hybridized carbons (Fsp3) is 0.500. The SMILES string of the molecule is CC(C)C(C)(CN)NC(=O)NCc1ccccc1. The van der Waals surface area contributed by atoms with E-state index in [4.69, 9.17) is 5.73 Å². The molecule has 0 aliphatic carbocycles. The van der Waals surface area contributed by atoms with Gasteiger partial charge in [-0.1, -0.05) is 44.2 Å². The van der Waals surface area contributed by atoms with Crippen molar-refractivity contribution < 1.29 is 4.79 Å². The van der Waals surface area contributed by atoms with Crippen LogP contribution in [0.3, 0.4) is 0 Å². The maximum absolute atomic E-state index is 11.8. The van der Waals surface area contributed by atoms with Crippen molar-refractivity contribution in [3.8, 4) is 0 Å². The average molecular weight is 249 g/mol. The second kappa shape index (κ2) is 6.40. The van der Waals surface area contributed by atoms with E-state index in [0.717, 1.165) is 5.56 Å². The molecule has 0 radical (unpaired) electrons. The van der Waals surface area contributed by atoms with E-state index in [1.54, 1.807) is 0 Å². The van der Waals surface area contributed by atoms with E-state index in [1.807, 2.05) is 51.1 Å². The molecule has 2 amide bonds. The molecule has 1 aromatic rings. The van der Waals surface area contributed by atoms with Crippen LogP contribution in [0.4, 0.5) is 4.79 Å². The first-order chi connectivity index (χ1) is 8.48. The quantitative estimate of drug-likeness (QED) is 0.745. The highest BCUT2D eigenvalue weighted by Gasteiger charge is 2.28. The van der Waals surface area contributed by atoms with Crippen molar-refractivity contribution in [3.63, 3.8) is 0 Å². The van der Waals surface area contributed by atoms with Crippen LogP contribution < -0.4 is 16.4 Å². The molecular formula is C14H23N3O. The van der Waals surface area contributed by atoms with E-state index in [0.29, 0.717) is 13.1 Å². The zero-order valence-electron chi connectivity index (χ0n) is 11.4. The molecule has 0 fully saturated rings. The highest BCUT2D eigenvalue weighted by atomic mass is 16.2. The van der Waals surface area contributed by atoms with Crippen molar-refractivity contribution in [3.05, 3.63) is 35.9 Å². The first-order valence-electron chi connectivity index (χ1n) is 6.28. The van der Waals surface area contributed by atoms with Gasteiger partial charge in [0.05, 0.1) is 5.54 Å². The third-order valence-corrected chi connectivity index (χ3v) is 3.39. The van der Waals surface area contributed by atoms with Crippen LogP contribution in [-0.2, 0) is 6.54 Å². The van der Waals surface area contributed by atoms with Crippen molar-refractivity contribution in [2.45, 2.75) is 32.9 Å². The van der Waals surface area contributed by atoms with E-state index in [-0.39, 0.29) is 17.5 Å². The number of urea groups is 1. The fourth-order valence-corrected chi connectivity index (χ4v) is 1.51. The Bertz CT molecular complexity index is 378. The summed E-state index contributed by atoms with van der Waals surface area (Å²) in [6.45, 7) is 6.99. The Morgan fingerprint density at radius 1 is 1.33 bits per heavy atom. The summed E-state index contributed by atoms with van der Waals surface area (Å²) in [4.78, 5) is 11.8. The summed E-state index contributed by atoms with van der Waals surface area (Å²) in [6.07, 6.45) is 0. The molecule has 1 rings (SSSR count). The number of rotatable bonds is 5. The number of amides is 2. The summed E-state index contributed by atoms with van der Waals surface area (Å²) in [5, 5.41) is 5.78. The van der Waals surface area contributed by atoms with E-state index in [1.165, 1.54) is 0 Å². The summed E-state index contributed by atoms with van der Waals surface area (Å²) >= 11 is 0. The number of hydrogen-bond acceptors (Lipinski definition) is 2. The fourth-order valence-electron chi connectivity index (χ4n) is 1.51. The van der Waals surface area contributed by atoms with Crippen LogP contribution in [-0.4, -0.2) is 18.1 Å². The molecule has 0 aromatic heterocycles. The third-order valence-electron chi connectivity index (χ3n) is 3.39. The van der Waals surface area contributed by atoms with Gasteiger partial charge in [-0.05, 0) is 18.4 Å². The van der Waals surface area contributed by atoms with Crippen LogP contribution in [0.15, 0.2) is 30.3 Å². The first kappa shape index (κ1) is 14.5. The number of hydrogen-bond donors (Lipinski definition) is 3. The van der Waals surface area contributed by atoms with Crippen molar-refractivity contribution in [2.75, 3.05) is 6.54 Å². The smallest absolute Gasteiger partial charge is 0.315 e. The molecule has 0 aliphatic heterocycles. The topological polar surface area (TPSA) is 67.1 Å². The third kappa shape index (κ3) is 4.04. The molecule has 100 valence electrons. The van der Waals surface area contributed by atoms with Gasteiger partial charge in [-0.25, -0.2) is 4.79 Å². The van der Waals surface area contributed by atoms with E-state index in [2.05, 4.69) is 10.6 Å². The molecule has 0 bridgehead atoms. The van der Waals surface area contributed by atoms with E-state index < -0.39 is 0 Å². The monoisotopic (exact) mass is 249 g/mol. The minimum absolute atomic E-state index is 0.180. The van der Waals surface area contributed by atoms with Crippen LogP contribution in [0.1, 0.15) is 26.3 Å². The molecule has 4 N–H and O–H groups in total. The summed E-state index contributed by atoms with van der Waals surface area (Å²) in [6, 6.07) is 9.63. The van der Waals surface area contributed by atoms with Crippen LogP contribution in [0.5, 0.6) is 0 Å². The van der Waals surface area contributed by atoms with Gasteiger partial charge in [0.2, 0.25) is 0 Å². The number of nitrogens with one attached hydrogen (secondary N) is 2. The van der Waals surface area contributed by atoms with E-state index >= 15 is 0 Å². The second-order valence-corrected chi connectivity index (χ2v) is 5.07. The van der Waals surface area contributed by atoms with Crippen molar-refractivity contribution >= 4 is 6.03 Å². The van der Waals surface area contributed by atoms with Crippen LogP contribution in [0.2, 0.25) is 0 Å². The molecular weight excluding hydrogens is 226 g/mol. The molecule has 0 heterocycles. The minimum atomic E-state index is -0.374. The van der Waals surface area contributed by atoms with Crippen LogP contribution in [0.25, 0.3) is 0 Å². The second-order valence-electron chi connectivity index (χ2n) is 5.07. The molecule has 0 saturated heterocycles. The van der Waals surface area contributed by atoms with Crippen molar-refractivity contribution in [1.82, 2.24) is 10.6 Å². The largest absolute Gasteiger partial charge is 0.334 e. The molecule has 0 aliphatic rings. The highest BCUT2D eigenvalue weighted by Crippen LogP contribution is 2.14. The van der Waals surface area contributed by atoms with Gasteiger partial charge in [0, 0.05) is 13.1 Å². The summed E-state index contributed by atoms with van der Waals surface area (Å²) in [5.41, 5.74) is 6.42. The molecule has 0 spiro atoms. The zero-order chi connectivity index (χ0) is 13.6. The highest BCUT2D eigenvalue weighted by molar-refractivity contribution is 5.74. The summed E-state index contributed by atoms with van der Waals surface area (Å²) in [5.74, 6) is 0.282. The molecule has 0 saturated carbocycles. The maximum Gasteiger partial charge on any atom is 0.315 e. The van der Waals surface area contributed by atoms with Gasteiger partial charge in [0.25, 0.3) is 0 Å². The maximum atomic E-state index is 11.8. The number of carbonyl (C=O) groups excluding carboxylic acids is 1. The predicted molar refractivity (Wildman–Crippen MR) is 74.1 cm³/mol. The van der Waals surface area contributed by atoms with Gasteiger partial charge < -0.3 is 16.4 Å². The van der Waals surface area contributed by atoms with Crippen molar-refractivity contribution in [2.24, 2.45) is 11.7 Å². The van der Waals surface area contributed by atoms with Gasteiger partial charge in [0.1, 0.15) is 0 Å². The van der Waals surface area contributed by atoms with E-state index in [9.17, 15) is 4.79 Å². The lowest BCUT2D eigenvalue weighted by Crippen LogP contribution is -2.57. The Morgan fingerprint density at radius 3 is 2.44 bits per heavy atom. The van der Waals surface area contributed by atoms with Gasteiger partial charge in [-0.2, -0.15) is 0 Å². The lowest BCUT2D eigenvalue weighted by molar-refractivity contribution is 0.213. The number of benzene rings is 1. The van der Waals surface area contributed by atoms with Gasteiger partial charge in [0.15, 0.2) is 0 Å². The lowest BCUT2D eigenvalue weighted by Gasteiger charge is -2.33. The van der Waals surface area contributed by atoms with Gasteiger partial charge in [-0.3, -0.25) is 0 Å². The molecule has 1 unspecified atom stereocenters. The summed E-state index contributed by atoms with van der Waals surface area (Å²) < 4.78 is 0. The molecule has 4 nitrogen and oxygen atoms in total. The van der Waals surface area contributed by atoms with Gasteiger partial charge in [-0.15, -0.1) is 0 Å². The molecule has 1 atom stereocenters. The Kier molecular flexibility index (Phi) is 5.16. The van der Waals surface area contributed by atoms with Crippen LogP contribution in [0, 0.1) is 5.92 Å². The Hall–Kier alpha value is -1.55. The average Bonchev–Trinajstić information content (AvgIpc) is 2.37. The molecule has 18 heavy (non-hydrogen) atoms. The van der Waals surface area contributed by atoms with Gasteiger partial charge >= 0.3 is 6.03 Å². The normalized spacial score (nSPS) is 14.1. The first-order valence-corrected chi connectivity index (χ1v) is 6.28. The van der Waals surface area contributed by atoms with Crippen LogP contribution >= 0.6 is 0 Å². The lowest BCUT2D eigenvalue weighted by atomic mass is 9.89. The number of nitrogens with two attached hydrogens (primary N) is 1. The predicted octanol–water partition coefficient (Wildman–Crippen LogP) is 1.86. The Morgan fingerprint density at radius 2 is 1.94 bits per heavy atom.